The number of benzene rings is 1. The van der Waals surface area contributed by atoms with Crippen LogP contribution < -0.4 is 5.32 Å². The molecule has 0 aliphatic carbocycles. The van der Waals surface area contributed by atoms with Crippen LogP contribution in [0, 0.1) is 0 Å². The van der Waals surface area contributed by atoms with E-state index in [2.05, 4.69) is 28.4 Å². The van der Waals surface area contributed by atoms with Gasteiger partial charge in [-0.1, -0.05) is 24.3 Å². The average molecular weight is 306 g/mol. The van der Waals surface area contributed by atoms with Crippen LogP contribution in [0.25, 0.3) is 0 Å². The number of hydrogen-bond acceptors (Lipinski definition) is 4. The first-order chi connectivity index (χ1) is 10.3. The van der Waals surface area contributed by atoms with E-state index in [-0.39, 0.29) is 6.54 Å². The normalized spacial score (nSPS) is 16.7. The molecule has 0 saturated heterocycles. The van der Waals surface area contributed by atoms with E-state index in [9.17, 15) is 9.90 Å². The molecule has 0 saturated carbocycles. The maximum Gasteiger partial charge on any atom is 0.407 e. The standard InChI is InChI=1S/C17H26N2O3/c1-17(2,3)22-16(21)18-10-15(20)12-19-9-8-13-6-4-5-7-14(13)11-19/h4-7,15,20H,8-12H2,1-3H3,(H,18,21)/t15-/m1/s1. The van der Waals surface area contributed by atoms with Crippen LogP contribution in [-0.2, 0) is 17.7 Å². The summed E-state index contributed by atoms with van der Waals surface area (Å²) in [5.74, 6) is 0. The van der Waals surface area contributed by atoms with Gasteiger partial charge in [-0.25, -0.2) is 4.79 Å². The van der Waals surface area contributed by atoms with E-state index >= 15 is 0 Å². The summed E-state index contributed by atoms with van der Waals surface area (Å²) >= 11 is 0. The molecule has 0 spiro atoms. The molecule has 22 heavy (non-hydrogen) atoms. The summed E-state index contributed by atoms with van der Waals surface area (Å²) in [5, 5.41) is 12.7. The van der Waals surface area contributed by atoms with Crippen molar-refractivity contribution in [2.45, 2.75) is 45.4 Å². The lowest BCUT2D eigenvalue weighted by Gasteiger charge is -2.30. The minimum absolute atomic E-state index is 0.201. The first-order valence-corrected chi connectivity index (χ1v) is 7.77. The molecule has 1 aliphatic rings. The fraction of sp³-hybridized carbons (Fsp3) is 0.588. The molecule has 2 rings (SSSR count). The number of aliphatic hydroxyl groups is 1. The van der Waals surface area contributed by atoms with Crippen molar-refractivity contribution in [3.05, 3.63) is 35.4 Å². The predicted molar refractivity (Wildman–Crippen MR) is 85.7 cm³/mol. The van der Waals surface area contributed by atoms with Gasteiger partial charge in [0.15, 0.2) is 0 Å². The lowest BCUT2D eigenvalue weighted by atomic mass is 10.00. The van der Waals surface area contributed by atoms with E-state index in [4.69, 9.17) is 4.74 Å². The second-order valence-corrected chi connectivity index (χ2v) is 6.79. The Morgan fingerprint density at radius 3 is 2.73 bits per heavy atom. The van der Waals surface area contributed by atoms with Crippen LogP contribution in [0.2, 0.25) is 0 Å². The van der Waals surface area contributed by atoms with Gasteiger partial charge in [-0.05, 0) is 38.3 Å². The van der Waals surface area contributed by atoms with Crippen LogP contribution in [0.1, 0.15) is 31.9 Å². The van der Waals surface area contributed by atoms with Gasteiger partial charge in [0.2, 0.25) is 0 Å². The van der Waals surface area contributed by atoms with E-state index in [1.54, 1.807) is 0 Å². The Balaban J connectivity index is 1.74. The van der Waals surface area contributed by atoms with Gasteiger partial charge in [0, 0.05) is 26.2 Å². The summed E-state index contributed by atoms with van der Waals surface area (Å²) in [5.41, 5.74) is 2.19. The molecule has 1 aliphatic heterocycles. The lowest BCUT2D eigenvalue weighted by molar-refractivity contribution is 0.0464. The average Bonchev–Trinajstić information content (AvgIpc) is 2.43. The summed E-state index contributed by atoms with van der Waals surface area (Å²) in [4.78, 5) is 13.8. The molecular formula is C17H26N2O3. The van der Waals surface area contributed by atoms with Crippen LogP contribution in [-0.4, -0.2) is 47.4 Å². The third-order valence-corrected chi connectivity index (χ3v) is 3.56. The molecule has 5 nitrogen and oxygen atoms in total. The largest absolute Gasteiger partial charge is 0.444 e. The number of fused-ring (bicyclic) bond motifs is 1. The number of amides is 1. The minimum Gasteiger partial charge on any atom is -0.444 e. The number of rotatable bonds is 4. The van der Waals surface area contributed by atoms with Gasteiger partial charge >= 0.3 is 6.09 Å². The SMILES string of the molecule is CC(C)(C)OC(=O)NC[C@@H](O)CN1CCc2ccccc2C1. The van der Waals surface area contributed by atoms with Gasteiger partial charge in [-0.3, -0.25) is 4.90 Å². The molecule has 1 heterocycles. The van der Waals surface area contributed by atoms with E-state index < -0.39 is 17.8 Å². The summed E-state index contributed by atoms with van der Waals surface area (Å²) in [6.45, 7) is 7.97. The van der Waals surface area contributed by atoms with Crippen LogP contribution >= 0.6 is 0 Å². The van der Waals surface area contributed by atoms with Crippen molar-refractivity contribution in [2.24, 2.45) is 0 Å². The van der Waals surface area contributed by atoms with Crippen molar-refractivity contribution in [1.29, 1.82) is 0 Å². The second kappa shape index (κ2) is 7.11. The van der Waals surface area contributed by atoms with Crippen molar-refractivity contribution < 1.29 is 14.6 Å². The quantitative estimate of drug-likeness (QED) is 0.892. The number of aliphatic hydroxyl groups excluding tert-OH is 1. The maximum absolute atomic E-state index is 11.6. The highest BCUT2D eigenvalue weighted by atomic mass is 16.6. The zero-order chi connectivity index (χ0) is 16.2. The number of carbonyl (C=O) groups excluding carboxylic acids is 1. The Morgan fingerprint density at radius 2 is 2.05 bits per heavy atom. The zero-order valence-electron chi connectivity index (χ0n) is 13.6. The summed E-state index contributed by atoms with van der Waals surface area (Å²) in [6, 6.07) is 8.40. The lowest BCUT2D eigenvalue weighted by Crippen LogP contribution is -2.43. The molecule has 0 bridgehead atoms. The molecule has 2 N–H and O–H groups in total. The molecular weight excluding hydrogens is 280 g/mol. The van der Waals surface area contributed by atoms with Crippen molar-refractivity contribution in [2.75, 3.05) is 19.6 Å². The van der Waals surface area contributed by atoms with Crippen LogP contribution in [0.15, 0.2) is 24.3 Å². The van der Waals surface area contributed by atoms with Gasteiger partial charge in [0.1, 0.15) is 5.60 Å². The Labute approximate surface area is 132 Å². The minimum atomic E-state index is -0.599. The summed E-state index contributed by atoms with van der Waals surface area (Å²) in [7, 11) is 0. The van der Waals surface area contributed by atoms with Crippen LogP contribution in [0.4, 0.5) is 4.79 Å². The highest BCUT2D eigenvalue weighted by Gasteiger charge is 2.20. The van der Waals surface area contributed by atoms with E-state index in [0.717, 1.165) is 19.5 Å². The molecule has 0 radical (unpaired) electrons. The highest BCUT2D eigenvalue weighted by Crippen LogP contribution is 2.18. The first-order valence-electron chi connectivity index (χ1n) is 7.77. The van der Waals surface area contributed by atoms with Gasteiger partial charge in [-0.15, -0.1) is 0 Å². The number of hydrogen-bond donors (Lipinski definition) is 2. The Kier molecular flexibility index (Phi) is 5.42. The molecule has 0 fully saturated rings. The maximum atomic E-state index is 11.6. The van der Waals surface area contributed by atoms with Gasteiger partial charge in [0.25, 0.3) is 0 Å². The van der Waals surface area contributed by atoms with Crippen molar-refractivity contribution in [3.8, 4) is 0 Å². The summed E-state index contributed by atoms with van der Waals surface area (Å²) < 4.78 is 5.15. The second-order valence-electron chi connectivity index (χ2n) is 6.79. The molecule has 0 unspecified atom stereocenters. The number of β-amino-alcohol motifs (C(OH)–C–C–N with tert-alkyl or cyclic N) is 1. The Morgan fingerprint density at radius 1 is 1.36 bits per heavy atom. The third-order valence-electron chi connectivity index (χ3n) is 3.56. The van der Waals surface area contributed by atoms with E-state index in [1.165, 1.54) is 11.1 Å². The topological polar surface area (TPSA) is 61.8 Å². The zero-order valence-corrected chi connectivity index (χ0v) is 13.6. The van der Waals surface area contributed by atoms with Crippen LogP contribution in [0.3, 0.4) is 0 Å². The molecule has 5 heteroatoms. The predicted octanol–water partition coefficient (Wildman–Crippen LogP) is 1.93. The smallest absolute Gasteiger partial charge is 0.407 e. The number of carbonyl (C=O) groups is 1. The van der Waals surface area contributed by atoms with Gasteiger partial charge < -0.3 is 15.2 Å². The molecule has 1 aromatic carbocycles. The Bertz CT molecular complexity index is 511. The Hall–Kier alpha value is -1.59. The van der Waals surface area contributed by atoms with E-state index in [1.807, 2.05) is 26.8 Å². The van der Waals surface area contributed by atoms with Gasteiger partial charge in [0.05, 0.1) is 6.10 Å². The van der Waals surface area contributed by atoms with E-state index in [0.29, 0.717) is 6.54 Å². The van der Waals surface area contributed by atoms with Crippen molar-refractivity contribution in [1.82, 2.24) is 10.2 Å². The molecule has 1 aromatic rings. The number of alkyl carbamates (subject to hydrolysis) is 1. The first kappa shape index (κ1) is 16.8. The third kappa shape index (κ3) is 5.31. The highest BCUT2D eigenvalue weighted by molar-refractivity contribution is 5.67. The molecule has 0 aromatic heterocycles. The summed E-state index contributed by atoms with van der Waals surface area (Å²) in [6.07, 6.45) is -0.0871. The monoisotopic (exact) mass is 306 g/mol. The van der Waals surface area contributed by atoms with Crippen molar-refractivity contribution in [3.63, 3.8) is 0 Å². The van der Waals surface area contributed by atoms with Gasteiger partial charge in [-0.2, -0.15) is 0 Å². The molecule has 122 valence electrons. The number of nitrogens with zero attached hydrogens (tertiary/aromatic N) is 1. The van der Waals surface area contributed by atoms with Crippen LogP contribution in [0.5, 0.6) is 0 Å². The molecule has 1 atom stereocenters. The van der Waals surface area contributed by atoms with Crippen molar-refractivity contribution >= 4 is 6.09 Å². The number of ether oxygens (including phenoxy) is 1. The molecule has 1 amide bonds. The number of nitrogens with one attached hydrogen (secondary N) is 1. The fourth-order valence-corrected chi connectivity index (χ4v) is 2.59. The fourth-order valence-electron chi connectivity index (χ4n) is 2.59.